The maximum Gasteiger partial charge on any atom is 0.279 e. The Balaban J connectivity index is 1.93. The highest BCUT2D eigenvalue weighted by molar-refractivity contribution is 8.15. The van der Waals surface area contributed by atoms with Crippen molar-refractivity contribution >= 4 is 32.7 Å². The van der Waals surface area contributed by atoms with Gasteiger partial charge in [0.15, 0.2) is 26.5 Å². The first-order valence-corrected chi connectivity index (χ1v) is 11.2. The van der Waals surface area contributed by atoms with Gasteiger partial charge in [0.05, 0.1) is 38.9 Å². The van der Waals surface area contributed by atoms with E-state index in [0.29, 0.717) is 29.0 Å². The second-order valence-corrected chi connectivity index (χ2v) is 9.72. The molecule has 1 aromatic rings. The monoisotopic (exact) mass is 426 g/mol. The number of carbonyl (C=O) groups excluding carboxylic acids is 1. The van der Waals surface area contributed by atoms with Gasteiger partial charge in [0, 0.05) is 17.4 Å². The molecule has 0 N–H and O–H groups in total. The van der Waals surface area contributed by atoms with Crippen LogP contribution >= 0.6 is 11.8 Å². The van der Waals surface area contributed by atoms with Gasteiger partial charge in [0.1, 0.15) is 0 Å². The van der Waals surface area contributed by atoms with Crippen molar-refractivity contribution in [3.05, 3.63) is 30.4 Å². The molecule has 0 aromatic heterocycles. The highest BCUT2D eigenvalue weighted by Crippen LogP contribution is 2.40. The Morgan fingerprint density at radius 3 is 2.43 bits per heavy atom. The molecule has 2 heterocycles. The molecule has 0 saturated carbocycles. The molecule has 10 heteroatoms. The molecule has 2 aliphatic rings. The largest absolute Gasteiger partial charge is 0.493 e. The Bertz CT molecular complexity index is 903. The Kier molecular flexibility index (Phi) is 5.90. The fourth-order valence-corrected chi connectivity index (χ4v) is 7.30. The molecule has 1 amide bonds. The zero-order valence-electron chi connectivity index (χ0n) is 15.9. The number of thioether (sulfide) groups is 1. The molecule has 0 spiro atoms. The molecular weight excluding hydrogens is 404 g/mol. The molecule has 8 nitrogen and oxygen atoms in total. The molecule has 2 fully saturated rings. The standard InChI is InChI=1S/C18H22N2O6S2/c1-5-6-20-12-9-28(22,23)10-15(12)27-18(20)19-17(21)11-7-13(24-2)16(26-4)14(8-11)25-3/h5,7-8,12,15H,1,6,9-10H2,2-4H3/t12-,15-/m1/s1. The molecule has 2 saturated heterocycles. The summed E-state index contributed by atoms with van der Waals surface area (Å²) in [5.74, 6) is 0.783. The first kappa shape index (κ1) is 20.5. The second-order valence-electron chi connectivity index (χ2n) is 6.36. The normalized spacial score (nSPS) is 24.1. The summed E-state index contributed by atoms with van der Waals surface area (Å²) >= 11 is 1.32. The van der Waals surface area contributed by atoms with Crippen LogP contribution in [0.5, 0.6) is 17.2 Å². The van der Waals surface area contributed by atoms with Crippen LogP contribution in [0.1, 0.15) is 10.4 Å². The van der Waals surface area contributed by atoms with Crippen LogP contribution < -0.4 is 14.2 Å². The van der Waals surface area contributed by atoms with Crippen LogP contribution in [-0.2, 0) is 9.84 Å². The number of sulfone groups is 1. The van der Waals surface area contributed by atoms with Gasteiger partial charge >= 0.3 is 0 Å². The number of amides is 1. The van der Waals surface area contributed by atoms with E-state index in [4.69, 9.17) is 14.2 Å². The Labute approximate surface area is 168 Å². The van der Waals surface area contributed by atoms with E-state index in [1.54, 1.807) is 6.08 Å². The van der Waals surface area contributed by atoms with E-state index in [0.717, 1.165) is 0 Å². The zero-order chi connectivity index (χ0) is 20.5. The van der Waals surface area contributed by atoms with E-state index < -0.39 is 15.7 Å². The molecule has 1 aromatic carbocycles. The third kappa shape index (κ3) is 3.83. The maximum absolute atomic E-state index is 12.8. The van der Waals surface area contributed by atoms with Gasteiger partial charge < -0.3 is 19.1 Å². The first-order valence-electron chi connectivity index (χ1n) is 8.51. The Morgan fingerprint density at radius 1 is 1.25 bits per heavy atom. The summed E-state index contributed by atoms with van der Waals surface area (Å²) in [6.45, 7) is 4.15. The third-order valence-electron chi connectivity index (χ3n) is 4.61. The van der Waals surface area contributed by atoms with Crippen molar-refractivity contribution < 1.29 is 27.4 Å². The highest BCUT2D eigenvalue weighted by Gasteiger charge is 2.48. The minimum Gasteiger partial charge on any atom is -0.493 e. The van der Waals surface area contributed by atoms with Crippen LogP contribution in [0.25, 0.3) is 0 Å². The van der Waals surface area contributed by atoms with Crippen molar-refractivity contribution in [2.45, 2.75) is 11.3 Å². The van der Waals surface area contributed by atoms with Crippen molar-refractivity contribution in [1.82, 2.24) is 4.90 Å². The summed E-state index contributed by atoms with van der Waals surface area (Å²) in [4.78, 5) is 18.9. The molecular formula is C18H22N2O6S2. The van der Waals surface area contributed by atoms with E-state index in [-0.39, 0.29) is 28.4 Å². The van der Waals surface area contributed by atoms with E-state index in [1.165, 1.54) is 45.2 Å². The van der Waals surface area contributed by atoms with Crippen LogP contribution in [0.15, 0.2) is 29.8 Å². The lowest BCUT2D eigenvalue weighted by Crippen LogP contribution is -2.37. The smallest absolute Gasteiger partial charge is 0.279 e. The van der Waals surface area contributed by atoms with Gasteiger partial charge in [-0.1, -0.05) is 17.8 Å². The average Bonchev–Trinajstić information content (AvgIpc) is 3.12. The lowest BCUT2D eigenvalue weighted by molar-refractivity contribution is 0.100. The van der Waals surface area contributed by atoms with Crippen molar-refractivity contribution in [2.75, 3.05) is 39.4 Å². The number of amidine groups is 1. The van der Waals surface area contributed by atoms with Crippen molar-refractivity contribution in [2.24, 2.45) is 4.99 Å². The van der Waals surface area contributed by atoms with Crippen LogP contribution in [0.3, 0.4) is 0 Å². The zero-order valence-corrected chi connectivity index (χ0v) is 17.5. The van der Waals surface area contributed by atoms with E-state index in [1.807, 2.05) is 4.90 Å². The highest BCUT2D eigenvalue weighted by atomic mass is 32.2. The average molecular weight is 427 g/mol. The number of nitrogens with zero attached hydrogens (tertiary/aromatic N) is 2. The van der Waals surface area contributed by atoms with Gasteiger partial charge in [-0.3, -0.25) is 4.79 Å². The molecule has 0 bridgehead atoms. The summed E-state index contributed by atoms with van der Waals surface area (Å²) in [6.07, 6.45) is 1.67. The SMILES string of the molecule is C=CCN1C(=NC(=O)c2cc(OC)c(OC)c(OC)c2)S[C@@H]2CS(=O)(=O)C[C@H]21. The number of carbonyl (C=O) groups is 1. The summed E-state index contributed by atoms with van der Waals surface area (Å²) in [6, 6.07) is 2.88. The maximum atomic E-state index is 12.8. The van der Waals surface area contributed by atoms with Crippen LogP contribution in [0.4, 0.5) is 0 Å². The van der Waals surface area contributed by atoms with Gasteiger partial charge in [0.25, 0.3) is 5.91 Å². The molecule has 0 unspecified atom stereocenters. The third-order valence-corrected chi connectivity index (χ3v) is 7.86. The van der Waals surface area contributed by atoms with E-state index >= 15 is 0 Å². The predicted molar refractivity (Wildman–Crippen MR) is 109 cm³/mol. The van der Waals surface area contributed by atoms with Crippen LogP contribution in [0.2, 0.25) is 0 Å². The number of fused-ring (bicyclic) bond motifs is 1. The second kappa shape index (κ2) is 8.04. The molecule has 152 valence electrons. The molecule has 0 radical (unpaired) electrons. The number of benzene rings is 1. The topological polar surface area (TPSA) is 94.5 Å². The molecule has 3 rings (SSSR count). The Morgan fingerprint density at radius 2 is 1.89 bits per heavy atom. The summed E-state index contributed by atoms with van der Waals surface area (Å²) < 4.78 is 39.7. The van der Waals surface area contributed by atoms with Crippen LogP contribution in [0, 0.1) is 0 Å². The van der Waals surface area contributed by atoms with Gasteiger partial charge in [-0.2, -0.15) is 4.99 Å². The van der Waals surface area contributed by atoms with Crippen LogP contribution in [-0.4, -0.2) is 75.1 Å². The summed E-state index contributed by atoms with van der Waals surface area (Å²) in [7, 11) is 1.35. The van der Waals surface area contributed by atoms with Crippen molar-refractivity contribution in [1.29, 1.82) is 0 Å². The lowest BCUT2D eigenvalue weighted by Gasteiger charge is -2.22. The first-order chi connectivity index (χ1) is 13.3. The fraction of sp³-hybridized carbons (Fsp3) is 0.444. The van der Waals surface area contributed by atoms with Crippen molar-refractivity contribution in [3.63, 3.8) is 0 Å². The quantitative estimate of drug-likeness (QED) is 0.633. The minimum absolute atomic E-state index is 0.0654. The van der Waals surface area contributed by atoms with E-state index in [9.17, 15) is 13.2 Å². The van der Waals surface area contributed by atoms with Crippen molar-refractivity contribution in [3.8, 4) is 17.2 Å². The number of hydrogen-bond donors (Lipinski definition) is 0. The number of aliphatic imine (C=N–C) groups is 1. The van der Waals surface area contributed by atoms with Gasteiger partial charge in [0.2, 0.25) is 5.75 Å². The minimum atomic E-state index is -3.07. The van der Waals surface area contributed by atoms with E-state index in [2.05, 4.69) is 11.6 Å². The molecule has 28 heavy (non-hydrogen) atoms. The van der Waals surface area contributed by atoms with Gasteiger partial charge in [-0.25, -0.2) is 8.42 Å². The summed E-state index contributed by atoms with van der Waals surface area (Å²) in [5.41, 5.74) is 0.283. The number of rotatable bonds is 6. The summed E-state index contributed by atoms with van der Waals surface area (Å²) in [5, 5.41) is 0.375. The molecule has 2 aliphatic heterocycles. The fourth-order valence-electron chi connectivity index (χ4n) is 3.34. The molecule has 0 aliphatic carbocycles. The van der Waals surface area contributed by atoms with Gasteiger partial charge in [-0.15, -0.1) is 6.58 Å². The number of hydrogen-bond acceptors (Lipinski definition) is 7. The Hall–Kier alpha value is -2.20. The number of ether oxygens (including phenoxy) is 3. The number of methoxy groups -OCH3 is 3. The van der Waals surface area contributed by atoms with Gasteiger partial charge in [-0.05, 0) is 12.1 Å². The molecule has 2 atom stereocenters. The predicted octanol–water partition coefficient (Wildman–Crippen LogP) is 1.61. The lowest BCUT2D eigenvalue weighted by atomic mass is 10.1.